The summed E-state index contributed by atoms with van der Waals surface area (Å²) in [4.78, 5) is 10.7. The van der Waals surface area contributed by atoms with Crippen molar-refractivity contribution in [1.29, 1.82) is 5.26 Å². The molecule has 102 valence electrons. The normalized spacial score (nSPS) is 10.9. The molecule has 6 nitrogen and oxygen atoms in total. The van der Waals surface area contributed by atoms with E-state index in [0.717, 1.165) is 12.1 Å². The van der Waals surface area contributed by atoms with Crippen molar-refractivity contribution in [1.82, 2.24) is 0 Å². The van der Waals surface area contributed by atoms with Crippen LogP contribution in [0, 0.1) is 11.3 Å². The minimum atomic E-state index is -3.79. The van der Waals surface area contributed by atoms with Crippen molar-refractivity contribution < 1.29 is 22.7 Å². The molecular formula is C13H9NO5S. The fraction of sp³-hybridized carbons (Fsp3) is 0.0769. The number of furan rings is 1. The summed E-state index contributed by atoms with van der Waals surface area (Å²) in [6.45, 7) is 0. The fourth-order valence-corrected chi connectivity index (χ4v) is 2.88. The Balaban J connectivity index is 2.30. The Kier molecular flexibility index (Phi) is 3.59. The third-order valence-electron chi connectivity index (χ3n) is 2.51. The molecule has 2 rings (SSSR count). The number of nitrogens with zero attached hydrogens (tertiary/aromatic N) is 1. The minimum Gasteiger partial charge on any atom is -0.475 e. The summed E-state index contributed by atoms with van der Waals surface area (Å²) in [5.74, 6) is -2.14. The lowest BCUT2D eigenvalue weighted by Crippen LogP contribution is -2.04. The number of carboxylic acids is 1. The second-order valence-electron chi connectivity index (χ2n) is 4.00. The SMILES string of the molecule is N#Cc1cccc(CS(=O)(=O)c2ccc(C(=O)O)o2)c1. The Morgan fingerprint density at radius 3 is 2.65 bits per heavy atom. The second-order valence-corrected chi connectivity index (χ2v) is 5.92. The first-order chi connectivity index (χ1) is 9.42. The van der Waals surface area contributed by atoms with Crippen LogP contribution in [0.3, 0.4) is 0 Å². The van der Waals surface area contributed by atoms with Crippen molar-refractivity contribution in [2.75, 3.05) is 0 Å². The summed E-state index contributed by atoms with van der Waals surface area (Å²) < 4.78 is 28.9. The maximum absolute atomic E-state index is 12.1. The number of sulfone groups is 1. The second kappa shape index (κ2) is 5.19. The molecule has 0 radical (unpaired) electrons. The van der Waals surface area contributed by atoms with Crippen molar-refractivity contribution >= 4 is 15.8 Å². The predicted molar refractivity (Wildman–Crippen MR) is 67.7 cm³/mol. The lowest BCUT2D eigenvalue weighted by atomic mass is 10.2. The molecule has 0 aliphatic carbocycles. The quantitative estimate of drug-likeness (QED) is 0.920. The van der Waals surface area contributed by atoms with Crippen LogP contribution in [0.25, 0.3) is 0 Å². The van der Waals surface area contributed by atoms with E-state index in [1.165, 1.54) is 6.07 Å². The molecule has 0 spiro atoms. The molecule has 1 heterocycles. The first-order valence-electron chi connectivity index (χ1n) is 5.47. The number of aromatic carboxylic acids is 1. The van der Waals surface area contributed by atoms with Crippen molar-refractivity contribution in [2.24, 2.45) is 0 Å². The van der Waals surface area contributed by atoms with Gasteiger partial charge in [-0.2, -0.15) is 5.26 Å². The summed E-state index contributed by atoms with van der Waals surface area (Å²) in [7, 11) is -3.79. The number of hydrogen-bond donors (Lipinski definition) is 1. The van der Waals surface area contributed by atoms with Crippen LogP contribution < -0.4 is 0 Å². The number of carboxylic acid groups (broad SMARTS) is 1. The average molecular weight is 291 g/mol. The van der Waals surface area contributed by atoms with Crippen LogP contribution in [0.4, 0.5) is 0 Å². The van der Waals surface area contributed by atoms with Gasteiger partial charge in [0.15, 0.2) is 0 Å². The van der Waals surface area contributed by atoms with E-state index in [4.69, 9.17) is 14.8 Å². The molecule has 2 aromatic rings. The molecule has 7 heteroatoms. The maximum atomic E-state index is 12.1. The summed E-state index contributed by atoms with van der Waals surface area (Å²) in [5, 5.41) is 17.1. The molecule has 0 saturated heterocycles. The molecule has 20 heavy (non-hydrogen) atoms. The highest BCUT2D eigenvalue weighted by Crippen LogP contribution is 2.19. The Morgan fingerprint density at radius 2 is 2.05 bits per heavy atom. The van der Waals surface area contributed by atoms with Crippen LogP contribution in [0.5, 0.6) is 0 Å². The van der Waals surface area contributed by atoms with Crippen LogP contribution in [0.2, 0.25) is 0 Å². The Morgan fingerprint density at radius 1 is 1.30 bits per heavy atom. The maximum Gasteiger partial charge on any atom is 0.371 e. The molecular weight excluding hydrogens is 282 g/mol. The van der Waals surface area contributed by atoms with Gasteiger partial charge in [-0.1, -0.05) is 12.1 Å². The molecule has 0 fully saturated rings. The standard InChI is InChI=1S/C13H9NO5S/c14-7-9-2-1-3-10(6-9)8-20(17,18)12-5-4-11(19-12)13(15)16/h1-6H,8H2,(H,15,16). The highest BCUT2D eigenvalue weighted by atomic mass is 32.2. The molecule has 0 bridgehead atoms. The van der Waals surface area contributed by atoms with Gasteiger partial charge in [0.2, 0.25) is 20.7 Å². The Bertz CT molecular complexity index is 798. The lowest BCUT2D eigenvalue weighted by Gasteiger charge is -2.02. The summed E-state index contributed by atoms with van der Waals surface area (Å²) in [6.07, 6.45) is 0. The summed E-state index contributed by atoms with van der Waals surface area (Å²) >= 11 is 0. The molecule has 0 aliphatic heterocycles. The number of nitriles is 1. The van der Waals surface area contributed by atoms with E-state index in [-0.39, 0.29) is 5.75 Å². The van der Waals surface area contributed by atoms with Gasteiger partial charge in [-0.3, -0.25) is 0 Å². The topological polar surface area (TPSA) is 108 Å². The van der Waals surface area contributed by atoms with Crippen LogP contribution in [-0.4, -0.2) is 19.5 Å². The van der Waals surface area contributed by atoms with Gasteiger partial charge in [0.25, 0.3) is 0 Å². The van der Waals surface area contributed by atoms with E-state index < -0.39 is 26.7 Å². The zero-order chi connectivity index (χ0) is 14.8. The van der Waals surface area contributed by atoms with Gasteiger partial charge in [-0.05, 0) is 29.8 Å². The minimum absolute atomic E-state index is 0.350. The molecule has 0 atom stereocenters. The van der Waals surface area contributed by atoms with E-state index in [1.54, 1.807) is 18.2 Å². The highest BCUT2D eigenvalue weighted by molar-refractivity contribution is 7.90. The zero-order valence-electron chi connectivity index (χ0n) is 10.1. The number of rotatable bonds is 4. The molecule has 1 aromatic carbocycles. The highest BCUT2D eigenvalue weighted by Gasteiger charge is 2.21. The van der Waals surface area contributed by atoms with Crippen LogP contribution in [-0.2, 0) is 15.6 Å². The smallest absolute Gasteiger partial charge is 0.371 e. The van der Waals surface area contributed by atoms with Crippen LogP contribution in [0.15, 0.2) is 45.9 Å². The largest absolute Gasteiger partial charge is 0.475 e. The number of benzene rings is 1. The van der Waals surface area contributed by atoms with E-state index in [0.29, 0.717) is 11.1 Å². The Labute approximate surface area is 114 Å². The van der Waals surface area contributed by atoms with Crippen LogP contribution in [0.1, 0.15) is 21.7 Å². The summed E-state index contributed by atoms with van der Waals surface area (Å²) in [5.41, 5.74) is 0.778. The van der Waals surface area contributed by atoms with E-state index in [9.17, 15) is 13.2 Å². The van der Waals surface area contributed by atoms with E-state index in [1.807, 2.05) is 6.07 Å². The van der Waals surface area contributed by atoms with Gasteiger partial charge in [0, 0.05) is 0 Å². The average Bonchev–Trinajstić information content (AvgIpc) is 2.89. The van der Waals surface area contributed by atoms with Gasteiger partial charge in [-0.25, -0.2) is 13.2 Å². The predicted octanol–water partition coefficient (Wildman–Crippen LogP) is 1.82. The van der Waals surface area contributed by atoms with E-state index in [2.05, 4.69) is 0 Å². The third kappa shape index (κ3) is 2.87. The van der Waals surface area contributed by atoms with Crippen molar-refractivity contribution in [3.8, 4) is 6.07 Å². The molecule has 0 amide bonds. The fourth-order valence-electron chi connectivity index (χ4n) is 1.62. The monoisotopic (exact) mass is 291 g/mol. The first-order valence-corrected chi connectivity index (χ1v) is 7.12. The van der Waals surface area contributed by atoms with Gasteiger partial charge in [0.1, 0.15) is 0 Å². The van der Waals surface area contributed by atoms with Crippen LogP contribution >= 0.6 is 0 Å². The van der Waals surface area contributed by atoms with E-state index >= 15 is 0 Å². The zero-order valence-corrected chi connectivity index (χ0v) is 10.9. The van der Waals surface area contributed by atoms with Crippen molar-refractivity contribution in [2.45, 2.75) is 10.8 Å². The van der Waals surface area contributed by atoms with Gasteiger partial charge in [-0.15, -0.1) is 0 Å². The molecule has 0 saturated carbocycles. The molecule has 0 aliphatic rings. The van der Waals surface area contributed by atoms with Crippen molar-refractivity contribution in [3.63, 3.8) is 0 Å². The summed E-state index contributed by atoms with van der Waals surface area (Å²) in [6, 6.07) is 10.3. The third-order valence-corrected chi connectivity index (χ3v) is 4.06. The number of hydrogen-bond acceptors (Lipinski definition) is 5. The van der Waals surface area contributed by atoms with Gasteiger partial charge < -0.3 is 9.52 Å². The lowest BCUT2D eigenvalue weighted by molar-refractivity contribution is 0.0656. The molecule has 0 unspecified atom stereocenters. The van der Waals surface area contributed by atoms with Gasteiger partial charge in [0.05, 0.1) is 17.4 Å². The first kappa shape index (κ1) is 13.8. The van der Waals surface area contributed by atoms with Gasteiger partial charge >= 0.3 is 5.97 Å². The van der Waals surface area contributed by atoms with Crippen molar-refractivity contribution in [3.05, 3.63) is 53.3 Å². The Hall–Kier alpha value is -2.59. The number of carbonyl (C=O) groups is 1. The molecule has 1 N–H and O–H groups in total. The molecule has 1 aromatic heterocycles.